The molecule has 0 bridgehead atoms. The molecule has 0 spiro atoms. The molecule has 31 heavy (non-hydrogen) atoms. The quantitative estimate of drug-likeness (QED) is 0.381. The van der Waals surface area contributed by atoms with Gasteiger partial charge in [0.1, 0.15) is 5.75 Å². The summed E-state index contributed by atoms with van der Waals surface area (Å²) in [7, 11) is 3.25. The van der Waals surface area contributed by atoms with Crippen LogP contribution in [0.5, 0.6) is 5.75 Å². The second-order valence-electron chi connectivity index (χ2n) is 6.65. The predicted molar refractivity (Wildman–Crippen MR) is 120 cm³/mol. The number of nitrogens with one attached hydrogen (secondary N) is 1. The fourth-order valence-electron chi connectivity index (χ4n) is 2.85. The summed E-state index contributed by atoms with van der Waals surface area (Å²) < 4.78 is 12.4. The standard InChI is InChI=1S/C22H24N4O4S/c1-15(27)16-4-8-18(9-5-16)23-20(28)14-31-22-25-24-21(26(22)12-13-29-2)17-6-10-19(30-3)11-7-17/h4-11H,12-14H2,1-3H3,(H,23,28). The first-order valence-electron chi connectivity index (χ1n) is 9.62. The number of thioether (sulfide) groups is 1. The maximum absolute atomic E-state index is 12.4. The largest absolute Gasteiger partial charge is 0.497 e. The monoisotopic (exact) mass is 440 g/mol. The number of Topliss-reactive ketones (excluding diaryl/α,β-unsaturated/α-hetero) is 1. The van der Waals surface area contributed by atoms with Crippen molar-refractivity contribution < 1.29 is 19.1 Å². The molecule has 3 rings (SSSR count). The number of hydrogen-bond acceptors (Lipinski definition) is 7. The normalized spacial score (nSPS) is 10.7. The van der Waals surface area contributed by atoms with E-state index >= 15 is 0 Å². The van der Waals surface area contributed by atoms with Crippen molar-refractivity contribution in [3.05, 3.63) is 54.1 Å². The molecule has 1 heterocycles. The van der Waals surface area contributed by atoms with Gasteiger partial charge in [-0.1, -0.05) is 11.8 Å². The second kappa shape index (κ2) is 10.7. The third kappa shape index (κ3) is 5.93. The van der Waals surface area contributed by atoms with Crippen LogP contribution in [0.15, 0.2) is 53.7 Å². The van der Waals surface area contributed by atoms with Crippen LogP contribution in [0.1, 0.15) is 17.3 Å². The number of benzene rings is 2. The number of aromatic nitrogens is 3. The SMILES string of the molecule is COCCn1c(SCC(=O)Nc2ccc(C(C)=O)cc2)nnc1-c1ccc(OC)cc1. The minimum absolute atomic E-state index is 0.0171. The number of carbonyl (C=O) groups excluding carboxylic acids is 2. The van der Waals surface area contributed by atoms with Crippen LogP contribution >= 0.6 is 11.8 Å². The predicted octanol–water partition coefficient (Wildman–Crippen LogP) is 3.53. The summed E-state index contributed by atoms with van der Waals surface area (Å²) in [5.74, 6) is 1.43. The van der Waals surface area contributed by atoms with Crippen molar-refractivity contribution in [2.45, 2.75) is 18.6 Å². The summed E-state index contributed by atoms with van der Waals surface area (Å²) in [6.45, 7) is 2.55. The number of amides is 1. The van der Waals surface area contributed by atoms with Crippen LogP contribution in [0.3, 0.4) is 0 Å². The molecule has 9 heteroatoms. The summed E-state index contributed by atoms with van der Waals surface area (Å²) in [5.41, 5.74) is 2.13. The van der Waals surface area contributed by atoms with Crippen molar-refractivity contribution in [1.82, 2.24) is 14.8 Å². The molecule has 0 saturated carbocycles. The first-order valence-corrected chi connectivity index (χ1v) is 10.6. The number of ketones is 1. The fourth-order valence-corrected chi connectivity index (χ4v) is 3.61. The highest BCUT2D eigenvalue weighted by molar-refractivity contribution is 7.99. The molecule has 0 fully saturated rings. The Morgan fingerprint density at radius 2 is 1.74 bits per heavy atom. The van der Waals surface area contributed by atoms with Crippen molar-refractivity contribution in [3.63, 3.8) is 0 Å². The van der Waals surface area contributed by atoms with Gasteiger partial charge in [0.15, 0.2) is 16.8 Å². The van der Waals surface area contributed by atoms with Gasteiger partial charge in [0.25, 0.3) is 0 Å². The van der Waals surface area contributed by atoms with Crippen LogP contribution in [0.25, 0.3) is 11.4 Å². The lowest BCUT2D eigenvalue weighted by Gasteiger charge is -2.10. The molecule has 3 aromatic rings. The maximum atomic E-state index is 12.4. The zero-order chi connectivity index (χ0) is 22.2. The Bertz CT molecular complexity index is 1030. The molecule has 0 aliphatic carbocycles. The Morgan fingerprint density at radius 3 is 2.35 bits per heavy atom. The number of hydrogen-bond donors (Lipinski definition) is 1. The topological polar surface area (TPSA) is 95.3 Å². The number of rotatable bonds is 10. The zero-order valence-electron chi connectivity index (χ0n) is 17.6. The van der Waals surface area contributed by atoms with Gasteiger partial charge in [0.2, 0.25) is 5.91 Å². The molecule has 0 aliphatic rings. The van der Waals surface area contributed by atoms with Gasteiger partial charge < -0.3 is 14.8 Å². The average molecular weight is 441 g/mol. The van der Waals surface area contributed by atoms with E-state index < -0.39 is 0 Å². The lowest BCUT2D eigenvalue weighted by atomic mass is 10.1. The highest BCUT2D eigenvalue weighted by Crippen LogP contribution is 2.26. The highest BCUT2D eigenvalue weighted by Gasteiger charge is 2.16. The number of methoxy groups -OCH3 is 2. The van der Waals surface area contributed by atoms with E-state index in [0.717, 1.165) is 11.3 Å². The number of carbonyl (C=O) groups is 2. The lowest BCUT2D eigenvalue weighted by molar-refractivity contribution is -0.113. The Kier molecular flexibility index (Phi) is 7.80. The summed E-state index contributed by atoms with van der Waals surface area (Å²) in [5, 5.41) is 12.0. The molecule has 0 atom stereocenters. The van der Waals surface area contributed by atoms with E-state index in [4.69, 9.17) is 9.47 Å². The molecular weight excluding hydrogens is 416 g/mol. The Morgan fingerprint density at radius 1 is 1.03 bits per heavy atom. The van der Waals surface area contributed by atoms with Crippen LogP contribution in [0, 0.1) is 0 Å². The summed E-state index contributed by atoms with van der Waals surface area (Å²) in [4.78, 5) is 23.7. The molecule has 0 unspecified atom stereocenters. The van der Waals surface area contributed by atoms with Gasteiger partial charge in [-0.25, -0.2) is 0 Å². The minimum Gasteiger partial charge on any atom is -0.497 e. The molecule has 2 aromatic carbocycles. The van der Waals surface area contributed by atoms with Crippen LogP contribution < -0.4 is 10.1 Å². The highest BCUT2D eigenvalue weighted by atomic mass is 32.2. The third-order valence-electron chi connectivity index (χ3n) is 4.49. The van der Waals surface area contributed by atoms with E-state index in [1.165, 1.54) is 18.7 Å². The van der Waals surface area contributed by atoms with Crippen molar-refractivity contribution in [1.29, 1.82) is 0 Å². The second-order valence-corrected chi connectivity index (χ2v) is 7.59. The van der Waals surface area contributed by atoms with E-state index in [9.17, 15) is 9.59 Å². The van der Waals surface area contributed by atoms with Gasteiger partial charge in [0, 0.05) is 23.9 Å². The van der Waals surface area contributed by atoms with Crippen LogP contribution in [0.2, 0.25) is 0 Å². The zero-order valence-corrected chi connectivity index (χ0v) is 18.4. The minimum atomic E-state index is -0.173. The van der Waals surface area contributed by atoms with E-state index in [1.807, 2.05) is 28.8 Å². The average Bonchev–Trinajstić information content (AvgIpc) is 3.19. The van der Waals surface area contributed by atoms with Gasteiger partial charge in [-0.3, -0.25) is 14.2 Å². The van der Waals surface area contributed by atoms with Gasteiger partial charge in [-0.15, -0.1) is 10.2 Å². The lowest BCUT2D eigenvalue weighted by Crippen LogP contribution is -2.15. The van der Waals surface area contributed by atoms with Gasteiger partial charge in [0.05, 0.1) is 26.0 Å². The third-order valence-corrected chi connectivity index (χ3v) is 5.46. The smallest absolute Gasteiger partial charge is 0.234 e. The van der Waals surface area contributed by atoms with Crippen molar-refractivity contribution in [2.75, 3.05) is 31.9 Å². The van der Waals surface area contributed by atoms with E-state index in [-0.39, 0.29) is 17.4 Å². The van der Waals surface area contributed by atoms with E-state index in [1.54, 1.807) is 38.5 Å². The molecule has 0 aliphatic heterocycles. The fraction of sp³-hybridized carbons (Fsp3) is 0.273. The molecule has 0 saturated heterocycles. The number of anilines is 1. The maximum Gasteiger partial charge on any atom is 0.234 e. The number of ether oxygens (including phenoxy) is 2. The number of nitrogens with zero attached hydrogens (tertiary/aromatic N) is 3. The van der Waals surface area contributed by atoms with Crippen LogP contribution in [0.4, 0.5) is 5.69 Å². The first kappa shape index (κ1) is 22.5. The Balaban J connectivity index is 1.69. The van der Waals surface area contributed by atoms with Crippen molar-refractivity contribution in [3.8, 4) is 17.1 Å². The van der Waals surface area contributed by atoms with E-state index in [2.05, 4.69) is 15.5 Å². The van der Waals surface area contributed by atoms with Crippen LogP contribution in [-0.4, -0.2) is 53.0 Å². The molecule has 1 aromatic heterocycles. The molecule has 1 N–H and O–H groups in total. The molecule has 162 valence electrons. The molecule has 8 nitrogen and oxygen atoms in total. The van der Waals surface area contributed by atoms with Gasteiger partial charge in [-0.2, -0.15) is 0 Å². The van der Waals surface area contributed by atoms with Crippen molar-refractivity contribution >= 4 is 29.1 Å². The molecule has 1 amide bonds. The summed E-state index contributed by atoms with van der Waals surface area (Å²) >= 11 is 1.30. The van der Waals surface area contributed by atoms with Crippen molar-refractivity contribution in [2.24, 2.45) is 0 Å². The summed E-state index contributed by atoms with van der Waals surface area (Å²) in [6.07, 6.45) is 0. The van der Waals surface area contributed by atoms with Gasteiger partial charge in [-0.05, 0) is 55.5 Å². The molecule has 0 radical (unpaired) electrons. The van der Waals surface area contributed by atoms with Crippen LogP contribution in [-0.2, 0) is 16.1 Å². The van der Waals surface area contributed by atoms with E-state index in [0.29, 0.717) is 35.4 Å². The summed E-state index contributed by atoms with van der Waals surface area (Å²) in [6, 6.07) is 14.4. The Labute approximate surface area is 185 Å². The Hall–Kier alpha value is -3.17. The van der Waals surface area contributed by atoms with Gasteiger partial charge >= 0.3 is 0 Å². The first-order chi connectivity index (χ1) is 15.0. The molecular formula is C22H24N4O4S.